The quantitative estimate of drug-likeness (QED) is 0.550. The number of aromatic amines is 1. The van der Waals surface area contributed by atoms with E-state index in [0.29, 0.717) is 23.5 Å². The largest absolute Gasteiger partial charge is 0.355 e. The van der Waals surface area contributed by atoms with Crippen LogP contribution in [0.15, 0.2) is 46.2 Å². The predicted molar refractivity (Wildman–Crippen MR) is 98.8 cm³/mol. The normalized spacial score (nSPS) is 11.8. The van der Waals surface area contributed by atoms with Crippen LogP contribution in [0.1, 0.15) is 20.8 Å². The van der Waals surface area contributed by atoms with Gasteiger partial charge in [0.2, 0.25) is 5.95 Å². The van der Waals surface area contributed by atoms with Crippen LogP contribution in [0.2, 0.25) is 0 Å². The van der Waals surface area contributed by atoms with Gasteiger partial charge in [-0.3, -0.25) is 9.78 Å². The zero-order valence-corrected chi connectivity index (χ0v) is 14.9. The smallest absolute Gasteiger partial charge is 0.263 e. The Morgan fingerprint density at radius 3 is 2.71 bits per heavy atom. The van der Waals surface area contributed by atoms with Crippen molar-refractivity contribution in [2.75, 3.05) is 17.6 Å². The second-order valence-electron chi connectivity index (χ2n) is 6.47. The summed E-state index contributed by atoms with van der Waals surface area (Å²) in [5.74, 6) is 1.36. The number of thioether (sulfide) groups is 1. The number of benzene rings is 1. The highest BCUT2D eigenvalue weighted by atomic mass is 32.2. The summed E-state index contributed by atoms with van der Waals surface area (Å²) < 4.78 is 1.78. The fourth-order valence-corrected chi connectivity index (χ4v) is 3.14. The van der Waals surface area contributed by atoms with Crippen molar-refractivity contribution in [1.29, 1.82) is 0 Å². The van der Waals surface area contributed by atoms with Gasteiger partial charge in [0, 0.05) is 17.2 Å². The summed E-state index contributed by atoms with van der Waals surface area (Å²) in [6.45, 7) is 6.81. The van der Waals surface area contributed by atoms with Gasteiger partial charge in [0.1, 0.15) is 5.39 Å². The summed E-state index contributed by atoms with van der Waals surface area (Å²) in [4.78, 5) is 20.7. The van der Waals surface area contributed by atoms with Crippen molar-refractivity contribution >= 4 is 28.7 Å². The summed E-state index contributed by atoms with van der Waals surface area (Å²) in [6, 6.07) is 10.2. The molecule has 1 aromatic carbocycles. The molecule has 2 aromatic heterocycles. The van der Waals surface area contributed by atoms with Crippen molar-refractivity contribution in [3.05, 3.63) is 46.9 Å². The molecule has 0 spiro atoms. The monoisotopic (exact) mass is 343 g/mol. The van der Waals surface area contributed by atoms with Crippen LogP contribution in [0.5, 0.6) is 0 Å². The van der Waals surface area contributed by atoms with Gasteiger partial charge in [-0.2, -0.15) is 10.1 Å². The maximum Gasteiger partial charge on any atom is 0.263 e. The molecule has 0 fully saturated rings. The molecule has 24 heavy (non-hydrogen) atoms. The first-order valence-electron chi connectivity index (χ1n) is 7.85. The molecule has 0 saturated heterocycles. The molecule has 3 aromatic rings. The predicted octanol–water partition coefficient (Wildman–Crippen LogP) is 3.08. The van der Waals surface area contributed by atoms with E-state index in [9.17, 15) is 4.79 Å². The molecule has 3 rings (SSSR count). The third-order valence-electron chi connectivity index (χ3n) is 3.48. The van der Waals surface area contributed by atoms with Crippen LogP contribution in [-0.2, 0) is 5.54 Å². The van der Waals surface area contributed by atoms with Crippen LogP contribution in [0.4, 0.5) is 5.95 Å². The van der Waals surface area contributed by atoms with Crippen molar-refractivity contribution in [3.63, 3.8) is 0 Å². The Balaban J connectivity index is 1.72. The number of rotatable bonds is 5. The van der Waals surface area contributed by atoms with Crippen molar-refractivity contribution in [2.24, 2.45) is 0 Å². The molecule has 0 atom stereocenters. The van der Waals surface area contributed by atoms with E-state index in [4.69, 9.17) is 0 Å². The van der Waals surface area contributed by atoms with Gasteiger partial charge in [-0.15, -0.1) is 11.8 Å². The number of hydrogen-bond acceptors (Lipinski definition) is 5. The second-order valence-corrected chi connectivity index (χ2v) is 7.64. The average Bonchev–Trinajstić information content (AvgIpc) is 2.97. The lowest BCUT2D eigenvalue weighted by Gasteiger charge is -2.19. The number of H-pyrrole nitrogens is 1. The zero-order valence-electron chi connectivity index (χ0n) is 14.0. The minimum absolute atomic E-state index is 0.172. The van der Waals surface area contributed by atoms with Gasteiger partial charge in [-0.05, 0) is 32.9 Å². The first-order valence-corrected chi connectivity index (χ1v) is 8.84. The third-order valence-corrected chi connectivity index (χ3v) is 4.49. The van der Waals surface area contributed by atoms with E-state index < -0.39 is 0 Å². The molecule has 0 saturated carbocycles. The molecule has 6 nitrogen and oxygen atoms in total. The Kier molecular flexibility index (Phi) is 4.62. The molecule has 2 heterocycles. The van der Waals surface area contributed by atoms with E-state index in [0.717, 1.165) is 5.75 Å². The lowest BCUT2D eigenvalue weighted by molar-refractivity contribution is 0.366. The molecular weight excluding hydrogens is 322 g/mol. The number of fused-ring (bicyclic) bond motifs is 1. The Hall–Kier alpha value is -2.28. The van der Waals surface area contributed by atoms with E-state index in [1.165, 1.54) is 4.90 Å². The molecule has 0 unspecified atom stereocenters. The molecule has 0 aliphatic heterocycles. The zero-order chi connectivity index (χ0) is 17.2. The summed E-state index contributed by atoms with van der Waals surface area (Å²) >= 11 is 1.76. The van der Waals surface area contributed by atoms with Crippen LogP contribution >= 0.6 is 11.8 Å². The molecule has 126 valence electrons. The minimum Gasteiger partial charge on any atom is -0.355 e. The second kappa shape index (κ2) is 6.68. The number of hydrogen-bond donors (Lipinski definition) is 2. The van der Waals surface area contributed by atoms with E-state index in [1.54, 1.807) is 22.6 Å². The van der Waals surface area contributed by atoms with Crippen LogP contribution in [0.3, 0.4) is 0 Å². The fourth-order valence-electron chi connectivity index (χ4n) is 2.35. The highest BCUT2D eigenvalue weighted by Crippen LogP contribution is 2.19. The summed E-state index contributed by atoms with van der Waals surface area (Å²) in [5, 5.41) is 8.00. The van der Waals surface area contributed by atoms with Crippen LogP contribution in [0.25, 0.3) is 11.0 Å². The maximum absolute atomic E-state index is 12.2. The highest BCUT2D eigenvalue weighted by molar-refractivity contribution is 7.99. The van der Waals surface area contributed by atoms with Gasteiger partial charge in [-0.1, -0.05) is 18.2 Å². The molecule has 0 aliphatic rings. The standard InChI is InChI=1S/C17H21N5OS/c1-17(2,3)22-14-13(11-19-22)15(23)21-16(20-14)18-9-10-24-12-7-5-4-6-8-12/h4-8,11H,9-10H2,1-3H3,(H2,18,20,21,23). The summed E-state index contributed by atoms with van der Waals surface area (Å²) in [7, 11) is 0. The minimum atomic E-state index is -0.233. The number of anilines is 1. The molecule has 0 bridgehead atoms. The Morgan fingerprint density at radius 1 is 1.25 bits per heavy atom. The molecule has 0 radical (unpaired) electrons. The average molecular weight is 343 g/mol. The lowest BCUT2D eigenvalue weighted by atomic mass is 10.1. The first kappa shape index (κ1) is 16.6. The van der Waals surface area contributed by atoms with Gasteiger partial charge in [0.05, 0.1) is 11.7 Å². The Labute approximate surface area is 144 Å². The number of nitrogens with zero attached hydrogens (tertiary/aromatic N) is 3. The molecule has 7 heteroatoms. The summed E-state index contributed by atoms with van der Waals surface area (Å²) in [6.07, 6.45) is 1.57. The molecule has 2 N–H and O–H groups in total. The van der Waals surface area contributed by atoms with Crippen LogP contribution in [-0.4, -0.2) is 32.0 Å². The highest BCUT2D eigenvalue weighted by Gasteiger charge is 2.19. The van der Waals surface area contributed by atoms with E-state index in [2.05, 4.69) is 32.5 Å². The van der Waals surface area contributed by atoms with Crippen LogP contribution < -0.4 is 10.9 Å². The van der Waals surface area contributed by atoms with Gasteiger partial charge >= 0.3 is 0 Å². The lowest BCUT2D eigenvalue weighted by Crippen LogP contribution is -2.24. The maximum atomic E-state index is 12.2. The number of aromatic nitrogens is 4. The van der Waals surface area contributed by atoms with Gasteiger partial charge in [0.15, 0.2) is 5.65 Å². The van der Waals surface area contributed by atoms with Crippen molar-refractivity contribution in [3.8, 4) is 0 Å². The molecule has 0 aliphatic carbocycles. The van der Waals surface area contributed by atoms with Gasteiger partial charge < -0.3 is 5.32 Å². The molecule has 0 amide bonds. The van der Waals surface area contributed by atoms with Gasteiger partial charge in [0.25, 0.3) is 5.56 Å². The first-order chi connectivity index (χ1) is 11.4. The van der Waals surface area contributed by atoms with Crippen molar-refractivity contribution < 1.29 is 0 Å². The summed E-state index contributed by atoms with van der Waals surface area (Å²) in [5.41, 5.74) is 0.196. The van der Waals surface area contributed by atoms with E-state index >= 15 is 0 Å². The van der Waals surface area contributed by atoms with Crippen molar-refractivity contribution in [2.45, 2.75) is 31.2 Å². The number of nitrogens with one attached hydrogen (secondary N) is 2. The Morgan fingerprint density at radius 2 is 2.00 bits per heavy atom. The SMILES string of the molecule is CC(C)(C)n1ncc2c(=O)[nH]c(NCCSc3ccccc3)nc21. The van der Waals surface area contributed by atoms with Gasteiger partial charge in [-0.25, -0.2) is 4.68 Å². The van der Waals surface area contributed by atoms with E-state index in [-0.39, 0.29) is 11.1 Å². The van der Waals surface area contributed by atoms with Crippen molar-refractivity contribution in [1.82, 2.24) is 19.7 Å². The van der Waals surface area contributed by atoms with E-state index in [1.807, 2.05) is 39.0 Å². The van der Waals surface area contributed by atoms with Crippen LogP contribution in [0, 0.1) is 0 Å². The fraction of sp³-hybridized carbons (Fsp3) is 0.353. The topological polar surface area (TPSA) is 75.6 Å². The molecular formula is C17H21N5OS. The third kappa shape index (κ3) is 3.62. The Bertz CT molecular complexity index is 879.